The van der Waals surface area contributed by atoms with Gasteiger partial charge in [0, 0.05) is 23.6 Å². The molecule has 3 heteroatoms. The Morgan fingerprint density at radius 1 is 1.57 bits per heavy atom. The average Bonchev–Trinajstić information content (AvgIpc) is 2.62. The van der Waals surface area contributed by atoms with E-state index in [1.807, 2.05) is 0 Å². The number of likely N-dealkylation sites (tertiary alicyclic amines) is 1. The van der Waals surface area contributed by atoms with Gasteiger partial charge in [-0.2, -0.15) is 0 Å². The Balaban J connectivity index is 2.02. The zero-order chi connectivity index (χ0) is 10.1. The van der Waals surface area contributed by atoms with Crippen molar-refractivity contribution in [3.05, 3.63) is 11.1 Å². The molecular weight excluding hydrogens is 240 g/mol. The number of fused-ring (bicyclic) bond motifs is 1. The highest BCUT2D eigenvalue weighted by Crippen LogP contribution is 2.34. The quantitative estimate of drug-likeness (QED) is 0.831. The SMILES string of the molecule is C=C(Br)CN1CC2CNCC2C1CC. The summed E-state index contributed by atoms with van der Waals surface area (Å²) < 4.78 is 1.11. The van der Waals surface area contributed by atoms with E-state index in [-0.39, 0.29) is 0 Å². The van der Waals surface area contributed by atoms with Crippen molar-refractivity contribution in [3.63, 3.8) is 0 Å². The predicted molar refractivity (Wildman–Crippen MR) is 63.6 cm³/mol. The van der Waals surface area contributed by atoms with Gasteiger partial charge in [0.2, 0.25) is 0 Å². The maximum absolute atomic E-state index is 3.94. The highest BCUT2D eigenvalue weighted by molar-refractivity contribution is 9.11. The molecule has 3 atom stereocenters. The topological polar surface area (TPSA) is 15.3 Å². The van der Waals surface area contributed by atoms with Crippen molar-refractivity contribution in [1.29, 1.82) is 0 Å². The van der Waals surface area contributed by atoms with Crippen LogP contribution in [-0.4, -0.2) is 37.1 Å². The monoisotopic (exact) mass is 258 g/mol. The molecule has 2 aliphatic heterocycles. The number of hydrogen-bond acceptors (Lipinski definition) is 2. The van der Waals surface area contributed by atoms with Gasteiger partial charge >= 0.3 is 0 Å². The van der Waals surface area contributed by atoms with Crippen LogP contribution in [0.25, 0.3) is 0 Å². The molecule has 2 saturated heterocycles. The van der Waals surface area contributed by atoms with Crippen LogP contribution in [0, 0.1) is 11.8 Å². The summed E-state index contributed by atoms with van der Waals surface area (Å²) in [6, 6.07) is 0.768. The van der Waals surface area contributed by atoms with Crippen LogP contribution in [0.3, 0.4) is 0 Å². The first-order valence-corrected chi connectivity index (χ1v) is 6.29. The van der Waals surface area contributed by atoms with Crippen LogP contribution in [-0.2, 0) is 0 Å². The van der Waals surface area contributed by atoms with Gasteiger partial charge < -0.3 is 5.32 Å². The molecule has 2 fully saturated rings. The molecular formula is C11H19BrN2. The van der Waals surface area contributed by atoms with E-state index in [4.69, 9.17) is 0 Å². The van der Waals surface area contributed by atoms with Crippen molar-refractivity contribution >= 4 is 15.9 Å². The molecule has 0 aromatic heterocycles. The molecule has 0 bridgehead atoms. The molecule has 1 N–H and O–H groups in total. The summed E-state index contributed by atoms with van der Waals surface area (Å²) in [6.45, 7) is 10.9. The van der Waals surface area contributed by atoms with Crippen LogP contribution in [0.2, 0.25) is 0 Å². The van der Waals surface area contributed by atoms with Gasteiger partial charge in [0.05, 0.1) is 0 Å². The lowest BCUT2D eigenvalue weighted by Gasteiger charge is -2.26. The van der Waals surface area contributed by atoms with Crippen molar-refractivity contribution < 1.29 is 0 Å². The molecule has 0 saturated carbocycles. The van der Waals surface area contributed by atoms with E-state index >= 15 is 0 Å². The summed E-state index contributed by atoms with van der Waals surface area (Å²) in [6.07, 6.45) is 1.27. The fourth-order valence-corrected chi connectivity index (χ4v) is 3.40. The first-order chi connectivity index (χ1) is 6.72. The first kappa shape index (κ1) is 10.7. The normalized spacial score (nSPS) is 37.4. The molecule has 0 radical (unpaired) electrons. The Labute approximate surface area is 94.9 Å². The Hall–Kier alpha value is 0.140. The molecule has 0 aromatic rings. The molecule has 2 nitrogen and oxygen atoms in total. The maximum Gasteiger partial charge on any atom is 0.0297 e. The summed E-state index contributed by atoms with van der Waals surface area (Å²) >= 11 is 3.47. The first-order valence-electron chi connectivity index (χ1n) is 5.50. The zero-order valence-electron chi connectivity index (χ0n) is 8.80. The molecule has 80 valence electrons. The smallest absolute Gasteiger partial charge is 0.0297 e. The van der Waals surface area contributed by atoms with Crippen LogP contribution < -0.4 is 5.32 Å². The lowest BCUT2D eigenvalue weighted by Crippen LogP contribution is -2.35. The Kier molecular flexibility index (Phi) is 3.30. The van der Waals surface area contributed by atoms with Crippen LogP contribution >= 0.6 is 15.9 Å². The number of halogens is 1. The van der Waals surface area contributed by atoms with E-state index in [2.05, 4.69) is 39.6 Å². The van der Waals surface area contributed by atoms with E-state index in [9.17, 15) is 0 Å². The third kappa shape index (κ3) is 1.90. The van der Waals surface area contributed by atoms with Crippen LogP contribution in [0.1, 0.15) is 13.3 Å². The highest BCUT2D eigenvalue weighted by atomic mass is 79.9. The van der Waals surface area contributed by atoms with Gasteiger partial charge in [-0.25, -0.2) is 0 Å². The Morgan fingerprint density at radius 3 is 3.00 bits per heavy atom. The molecule has 14 heavy (non-hydrogen) atoms. The number of nitrogens with one attached hydrogen (secondary N) is 1. The summed E-state index contributed by atoms with van der Waals surface area (Å²) in [7, 11) is 0. The standard InChI is InChI=1S/C11H19BrN2/c1-3-11-10-5-13-4-9(10)7-14(11)6-8(2)12/h9-11,13H,2-7H2,1H3. The molecule has 0 aromatic carbocycles. The number of hydrogen-bond donors (Lipinski definition) is 1. The number of nitrogens with zero attached hydrogens (tertiary/aromatic N) is 1. The minimum absolute atomic E-state index is 0.768. The van der Waals surface area contributed by atoms with E-state index in [0.717, 1.165) is 28.9 Å². The van der Waals surface area contributed by atoms with Crippen LogP contribution in [0.15, 0.2) is 11.1 Å². The Bertz CT molecular complexity index is 229. The van der Waals surface area contributed by atoms with Crippen molar-refractivity contribution in [2.75, 3.05) is 26.2 Å². The fourth-order valence-electron chi connectivity index (χ4n) is 3.07. The van der Waals surface area contributed by atoms with Crippen molar-refractivity contribution in [1.82, 2.24) is 10.2 Å². The van der Waals surface area contributed by atoms with Gasteiger partial charge in [0.15, 0.2) is 0 Å². The van der Waals surface area contributed by atoms with Crippen LogP contribution in [0.4, 0.5) is 0 Å². The summed E-state index contributed by atoms with van der Waals surface area (Å²) in [5.41, 5.74) is 0. The fraction of sp³-hybridized carbons (Fsp3) is 0.818. The lowest BCUT2D eigenvalue weighted by molar-refractivity contribution is 0.239. The summed E-state index contributed by atoms with van der Waals surface area (Å²) in [4.78, 5) is 2.59. The molecule has 2 aliphatic rings. The van der Waals surface area contributed by atoms with Gasteiger partial charge in [-0.15, -0.1) is 0 Å². The molecule has 0 amide bonds. The second-order valence-electron chi connectivity index (χ2n) is 4.50. The third-order valence-corrected chi connectivity index (χ3v) is 3.87. The molecule has 0 aliphatic carbocycles. The van der Waals surface area contributed by atoms with Gasteiger partial charge in [-0.3, -0.25) is 4.90 Å². The summed E-state index contributed by atoms with van der Waals surface area (Å²) in [5, 5.41) is 3.50. The third-order valence-electron chi connectivity index (χ3n) is 3.62. The highest BCUT2D eigenvalue weighted by Gasteiger charge is 2.42. The van der Waals surface area contributed by atoms with E-state index in [1.165, 1.54) is 26.1 Å². The van der Waals surface area contributed by atoms with Crippen molar-refractivity contribution in [2.45, 2.75) is 19.4 Å². The van der Waals surface area contributed by atoms with Gasteiger partial charge in [0.25, 0.3) is 0 Å². The van der Waals surface area contributed by atoms with Crippen molar-refractivity contribution in [2.24, 2.45) is 11.8 Å². The second kappa shape index (κ2) is 4.33. The molecule has 0 spiro atoms. The minimum atomic E-state index is 0.768. The minimum Gasteiger partial charge on any atom is -0.316 e. The van der Waals surface area contributed by atoms with Crippen LogP contribution in [0.5, 0.6) is 0 Å². The van der Waals surface area contributed by atoms with Crippen molar-refractivity contribution in [3.8, 4) is 0 Å². The molecule has 2 rings (SSSR count). The van der Waals surface area contributed by atoms with Gasteiger partial charge in [-0.05, 0) is 31.3 Å². The average molecular weight is 259 g/mol. The Morgan fingerprint density at radius 2 is 2.36 bits per heavy atom. The number of rotatable bonds is 3. The summed E-state index contributed by atoms with van der Waals surface area (Å²) in [5.74, 6) is 1.76. The van der Waals surface area contributed by atoms with E-state index in [0.29, 0.717) is 0 Å². The van der Waals surface area contributed by atoms with Gasteiger partial charge in [0.1, 0.15) is 0 Å². The molecule has 3 unspecified atom stereocenters. The predicted octanol–water partition coefficient (Wildman–Crippen LogP) is 1.82. The second-order valence-corrected chi connectivity index (χ2v) is 5.63. The zero-order valence-corrected chi connectivity index (χ0v) is 10.4. The van der Waals surface area contributed by atoms with E-state index in [1.54, 1.807) is 0 Å². The lowest BCUT2D eigenvalue weighted by atomic mass is 9.93. The maximum atomic E-state index is 3.94. The van der Waals surface area contributed by atoms with Gasteiger partial charge in [-0.1, -0.05) is 29.4 Å². The van der Waals surface area contributed by atoms with E-state index < -0.39 is 0 Å². The largest absolute Gasteiger partial charge is 0.316 e. The molecule has 2 heterocycles.